The Morgan fingerprint density at radius 1 is 1.10 bits per heavy atom. The minimum absolute atomic E-state index is 0.0988. The molecule has 2 aromatic rings. The van der Waals surface area contributed by atoms with E-state index in [9.17, 15) is 0 Å². The molecular formula is C17H15NO3. The van der Waals surface area contributed by atoms with E-state index in [1.165, 1.54) is 0 Å². The molecule has 0 saturated carbocycles. The summed E-state index contributed by atoms with van der Waals surface area (Å²) < 4.78 is 17.1. The minimum Gasteiger partial charge on any atom is -0.486 e. The molecule has 106 valence electrons. The van der Waals surface area contributed by atoms with Crippen molar-refractivity contribution in [1.82, 2.24) is 0 Å². The molecule has 4 heteroatoms. The van der Waals surface area contributed by atoms with E-state index in [0.717, 1.165) is 17.1 Å². The van der Waals surface area contributed by atoms with E-state index < -0.39 is 0 Å². The number of hydrogen-bond acceptors (Lipinski definition) is 4. The molecule has 0 saturated heterocycles. The van der Waals surface area contributed by atoms with Crippen LogP contribution in [-0.2, 0) is 11.3 Å². The van der Waals surface area contributed by atoms with Gasteiger partial charge < -0.3 is 14.2 Å². The first-order chi connectivity index (χ1) is 10.3. The highest BCUT2D eigenvalue weighted by atomic mass is 16.6. The number of nitriles is 1. The first-order valence-corrected chi connectivity index (χ1v) is 6.80. The average Bonchev–Trinajstić information content (AvgIpc) is 2.55. The van der Waals surface area contributed by atoms with Crippen LogP contribution in [0.5, 0.6) is 11.5 Å². The Morgan fingerprint density at radius 2 is 1.86 bits per heavy atom. The number of rotatable bonds is 4. The SMILES string of the molecule is N#Cc1ccc(COCC2COc3ccccc3O2)cc1. The fraction of sp³-hybridized carbons (Fsp3) is 0.235. The van der Waals surface area contributed by atoms with Gasteiger partial charge in [-0.05, 0) is 29.8 Å². The predicted octanol–water partition coefficient (Wildman–Crippen LogP) is 2.91. The van der Waals surface area contributed by atoms with Crippen LogP contribution in [0.15, 0.2) is 48.5 Å². The molecule has 0 aromatic heterocycles. The highest BCUT2D eigenvalue weighted by Crippen LogP contribution is 2.30. The summed E-state index contributed by atoms with van der Waals surface area (Å²) in [4.78, 5) is 0. The Labute approximate surface area is 123 Å². The maximum Gasteiger partial charge on any atom is 0.161 e. The van der Waals surface area contributed by atoms with Gasteiger partial charge in [-0.2, -0.15) is 5.26 Å². The van der Waals surface area contributed by atoms with E-state index in [1.54, 1.807) is 12.1 Å². The Hall–Kier alpha value is -2.51. The van der Waals surface area contributed by atoms with Gasteiger partial charge in [0.1, 0.15) is 6.61 Å². The minimum atomic E-state index is -0.0988. The van der Waals surface area contributed by atoms with Crippen molar-refractivity contribution in [3.8, 4) is 17.6 Å². The summed E-state index contributed by atoms with van der Waals surface area (Å²) in [5.41, 5.74) is 1.69. The highest BCUT2D eigenvalue weighted by Gasteiger charge is 2.20. The van der Waals surface area contributed by atoms with Crippen molar-refractivity contribution in [3.63, 3.8) is 0 Å². The molecule has 0 aliphatic carbocycles. The molecule has 1 heterocycles. The monoisotopic (exact) mass is 281 g/mol. The first-order valence-electron chi connectivity index (χ1n) is 6.80. The van der Waals surface area contributed by atoms with Crippen LogP contribution < -0.4 is 9.47 Å². The summed E-state index contributed by atoms with van der Waals surface area (Å²) >= 11 is 0. The summed E-state index contributed by atoms with van der Waals surface area (Å²) in [6, 6.07) is 17.1. The van der Waals surface area contributed by atoms with Crippen molar-refractivity contribution in [2.24, 2.45) is 0 Å². The predicted molar refractivity (Wildman–Crippen MR) is 77.2 cm³/mol. The third-order valence-electron chi connectivity index (χ3n) is 3.22. The highest BCUT2D eigenvalue weighted by molar-refractivity contribution is 5.40. The first kappa shape index (κ1) is 13.5. The van der Waals surface area contributed by atoms with E-state index in [1.807, 2.05) is 36.4 Å². The lowest BCUT2D eigenvalue weighted by Crippen LogP contribution is -2.33. The van der Waals surface area contributed by atoms with Crippen molar-refractivity contribution >= 4 is 0 Å². The van der Waals surface area contributed by atoms with E-state index >= 15 is 0 Å². The van der Waals surface area contributed by atoms with Crippen LogP contribution in [0.3, 0.4) is 0 Å². The molecule has 0 bridgehead atoms. The second-order valence-corrected chi connectivity index (χ2v) is 4.82. The van der Waals surface area contributed by atoms with Crippen molar-refractivity contribution < 1.29 is 14.2 Å². The molecule has 0 spiro atoms. The smallest absolute Gasteiger partial charge is 0.161 e. The largest absolute Gasteiger partial charge is 0.486 e. The van der Waals surface area contributed by atoms with Gasteiger partial charge >= 0.3 is 0 Å². The number of benzene rings is 2. The zero-order valence-electron chi connectivity index (χ0n) is 11.5. The van der Waals surface area contributed by atoms with Crippen LogP contribution in [0.4, 0.5) is 0 Å². The topological polar surface area (TPSA) is 51.5 Å². The standard InChI is InChI=1S/C17H15NO3/c18-9-13-5-7-14(8-6-13)10-19-11-15-12-20-16-3-1-2-4-17(16)21-15/h1-8,15H,10-12H2. The van der Waals surface area contributed by atoms with Crippen LogP contribution in [0, 0.1) is 11.3 Å². The van der Waals surface area contributed by atoms with Crippen LogP contribution in [-0.4, -0.2) is 19.3 Å². The fourth-order valence-electron chi connectivity index (χ4n) is 2.13. The fourth-order valence-corrected chi connectivity index (χ4v) is 2.13. The van der Waals surface area contributed by atoms with Crippen LogP contribution in [0.2, 0.25) is 0 Å². The van der Waals surface area contributed by atoms with Gasteiger partial charge in [0.25, 0.3) is 0 Å². The number of hydrogen-bond donors (Lipinski definition) is 0. The summed E-state index contributed by atoms with van der Waals surface area (Å²) in [5, 5.41) is 8.74. The van der Waals surface area contributed by atoms with Crippen molar-refractivity contribution in [1.29, 1.82) is 5.26 Å². The summed E-state index contributed by atoms with van der Waals surface area (Å²) in [5.74, 6) is 1.54. The molecule has 1 unspecified atom stereocenters. The quantitative estimate of drug-likeness (QED) is 0.864. The summed E-state index contributed by atoms with van der Waals surface area (Å²) in [7, 11) is 0. The number of fused-ring (bicyclic) bond motifs is 1. The van der Waals surface area contributed by atoms with Gasteiger partial charge in [-0.15, -0.1) is 0 Å². The van der Waals surface area contributed by atoms with Gasteiger partial charge in [0.05, 0.1) is 24.8 Å². The van der Waals surface area contributed by atoms with Gasteiger partial charge in [0.15, 0.2) is 17.6 Å². The third kappa shape index (κ3) is 3.33. The normalized spacial score (nSPS) is 16.2. The lowest BCUT2D eigenvalue weighted by Gasteiger charge is -2.26. The molecule has 0 radical (unpaired) electrons. The van der Waals surface area contributed by atoms with Crippen molar-refractivity contribution in [2.45, 2.75) is 12.7 Å². The Morgan fingerprint density at radius 3 is 2.62 bits per heavy atom. The number of nitrogens with zero attached hydrogens (tertiary/aromatic N) is 1. The van der Waals surface area contributed by atoms with E-state index in [0.29, 0.717) is 25.4 Å². The average molecular weight is 281 g/mol. The molecule has 21 heavy (non-hydrogen) atoms. The van der Waals surface area contributed by atoms with Crippen molar-refractivity contribution in [3.05, 3.63) is 59.7 Å². The van der Waals surface area contributed by atoms with Crippen molar-refractivity contribution in [2.75, 3.05) is 13.2 Å². The molecular weight excluding hydrogens is 266 g/mol. The zero-order chi connectivity index (χ0) is 14.5. The van der Waals surface area contributed by atoms with E-state index in [-0.39, 0.29) is 6.10 Å². The third-order valence-corrected chi connectivity index (χ3v) is 3.22. The molecule has 1 aliphatic rings. The Balaban J connectivity index is 1.49. The van der Waals surface area contributed by atoms with E-state index in [2.05, 4.69) is 6.07 Å². The second-order valence-electron chi connectivity index (χ2n) is 4.82. The van der Waals surface area contributed by atoms with Gasteiger partial charge in [-0.25, -0.2) is 0 Å². The maximum absolute atomic E-state index is 8.74. The molecule has 1 atom stereocenters. The number of para-hydroxylation sites is 2. The van der Waals surface area contributed by atoms with Gasteiger partial charge in [-0.3, -0.25) is 0 Å². The van der Waals surface area contributed by atoms with Gasteiger partial charge in [0.2, 0.25) is 0 Å². The van der Waals surface area contributed by atoms with E-state index in [4.69, 9.17) is 19.5 Å². The molecule has 4 nitrogen and oxygen atoms in total. The summed E-state index contributed by atoms with van der Waals surface area (Å²) in [6.07, 6.45) is -0.0988. The molecule has 1 aliphatic heterocycles. The van der Waals surface area contributed by atoms with Gasteiger partial charge in [0, 0.05) is 0 Å². The molecule has 0 N–H and O–H groups in total. The molecule has 0 fully saturated rings. The Kier molecular flexibility index (Phi) is 4.04. The lowest BCUT2D eigenvalue weighted by molar-refractivity contribution is 0.00272. The van der Waals surface area contributed by atoms with Crippen LogP contribution >= 0.6 is 0 Å². The second kappa shape index (κ2) is 6.29. The van der Waals surface area contributed by atoms with Gasteiger partial charge in [-0.1, -0.05) is 24.3 Å². The molecule has 2 aromatic carbocycles. The maximum atomic E-state index is 8.74. The molecule has 0 amide bonds. The van der Waals surface area contributed by atoms with Crippen LogP contribution in [0.25, 0.3) is 0 Å². The number of ether oxygens (including phenoxy) is 3. The lowest BCUT2D eigenvalue weighted by atomic mass is 10.2. The summed E-state index contributed by atoms with van der Waals surface area (Å²) in [6.45, 7) is 1.45. The Bertz CT molecular complexity index is 646. The zero-order valence-corrected chi connectivity index (χ0v) is 11.5. The molecule has 3 rings (SSSR count). The van der Waals surface area contributed by atoms with Crippen LogP contribution in [0.1, 0.15) is 11.1 Å².